The van der Waals surface area contributed by atoms with E-state index >= 15 is 0 Å². The van der Waals surface area contributed by atoms with Crippen LogP contribution in [0.25, 0.3) is 22.2 Å². The van der Waals surface area contributed by atoms with E-state index in [9.17, 15) is 4.79 Å². The van der Waals surface area contributed by atoms with Crippen molar-refractivity contribution in [1.29, 1.82) is 0 Å². The van der Waals surface area contributed by atoms with E-state index in [1.54, 1.807) is 7.11 Å². The molecular weight excluding hydrogens is 460 g/mol. The molecule has 0 unspecified atom stereocenters. The summed E-state index contributed by atoms with van der Waals surface area (Å²) in [5.74, 6) is 2.23. The van der Waals surface area contributed by atoms with E-state index in [1.807, 2.05) is 53.6 Å². The number of ether oxygens (including phenoxy) is 1. The molecule has 2 aliphatic rings. The molecule has 0 bridgehead atoms. The SMILES string of the molecule is COc1ccc(-c2ccc3nc4n(c3c2)[C@@H](c2ccccc2)[C@H]2CN(C(=O)c3ccccc3)C[C@@H]42)cn1. The first-order valence-corrected chi connectivity index (χ1v) is 12.6. The topological polar surface area (TPSA) is 60.2 Å². The average molecular weight is 487 g/mol. The van der Waals surface area contributed by atoms with Gasteiger partial charge < -0.3 is 14.2 Å². The van der Waals surface area contributed by atoms with Crippen LogP contribution in [0.4, 0.5) is 0 Å². The van der Waals surface area contributed by atoms with Gasteiger partial charge in [0.2, 0.25) is 5.88 Å². The Labute approximate surface area is 215 Å². The second-order valence-electron chi connectivity index (χ2n) is 9.83. The maximum atomic E-state index is 13.3. The fourth-order valence-corrected chi connectivity index (χ4v) is 6.11. The predicted molar refractivity (Wildman–Crippen MR) is 143 cm³/mol. The summed E-state index contributed by atoms with van der Waals surface area (Å²) in [7, 11) is 1.62. The molecule has 2 aromatic heterocycles. The van der Waals surface area contributed by atoms with Crippen molar-refractivity contribution in [1.82, 2.24) is 19.4 Å². The second-order valence-corrected chi connectivity index (χ2v) is 9.83. The van der Waals surface area contributed by atoms with Crippen LogP contribution < -0.4 is 4.74 Å². The van der Waals surface area contributed by atoms with Crippen molar-refractivity contribution in [2.45, 2.75) is 12.0 Å². The van der Waals surface area contributed by atoms with Crippen LogP contribution in [0.1, 0.15) is 33.7 Å². The molecule has 1 amide bonds. The number of amides is 1. The highest BCUT2D eigenvalue weighted by Crippen LogP contribution is 2.50. The van der Waals surface area contributed by atoms with Crippen molar-refractivity contribution < 1.29 is 9.53 Å². The molecule has 5 aromatic rings. The van der Waals surface area contributed by atoms with E-state index < -0.39 is 0 Å². The molecule has 1 saturated heterocycles. The first-order valence-electron chi connectivity index (χ1n) is 12.6. The molecule has 4 heterocycles. The predicted octanol–water partition coefficient (Wildman–Crippen LogP) is 5.57. The van der Waals surface area contributed by atoms with Crippen LogP contribution in [0.15, 0.2) is 97.2 Å². The third-order valence-corrected chi connectivity index (χ3v) is 7.83. The molecule has 0 saturated carbocycles. The number of imidazole rings is 1. The van der Waals surface area contributed by atoms with Crippen LogP contribution in [0.2, 0.25) is 0 Å². The Balaban J connectivity index is 1.32. The number of benzene rings is 3. The van der Waals surface area contributed by atoms with Crippen LogP contribution in [0.3, 0.4) is 0 Å². The molecule has 6 nitrogen and oxygen atoms in total. The van der Waals surface area contributed by atoms with Gasteiger partial charge in [0, 0.05) is 48.3 Å². The normalized spacial score (nSPS) is 20.1. The summed E-state index contributed by atoms with van der Waals surface area (Å²) >= 11 is 0. The van der Waals surface area contributed by atoms with Gasteiger partial charge in [-0.3, -0.25) is 4.79 Å². The van der Waals surface area contributed by atoms with Crippen LogP contribution in [-0.2, 0) is 0 Å². The maximum absolute atomic E-state index is 13.3. The van der Waals surface area contributed by atoms with Gasteiger partial charge in [-0.15, -0.1) is 0 Å². The van der Waals surface area contributed by atoms with Crippen LogP contribution in [-0.4, -0.2) is 45.5 Å². The Hall–Kier alpha value is -4.45. The number of methoxy groups -OCH3 is 1. The van der Waals surface area contributed by atoms with Crippen molar-refractivity contribution in [2.24, 2.45) is 5.92 Å². The number of likely N-dealkylation sites (tertiary alicyclic amines) is 1. The largest absolute Gasteiger partial charge is 0.481 e. The molecule has 0 N–H and O–H groups in total. The number of hydrogen-bond donors (Lipinski definition) is 0. The van der Waals surface area contributed by atoms with Gasteiger partial charge in [-0.05, 0) is 41.5 Å². The Morgan fingerprint density at radius 1 is 0.892 bits per heavy atom. The Morgan fingerprint density at radius 2 is 1.65 bits per heavy atom. The number of fused-ring (bicyclic) bond motifs is 5. The quantitative estimate of drug-likeness (QED) is 0.333. The van der Waals surface area contributed by atoms with Gasteiger partial charge in [-0.1, -0.05) is 54.6 Å². The van der Waals surface area contributed by atoms with Crippen LogP contribution >= 0.6 is 0 Å². The number of rotatable bonds is 4. The van der Waals surface area contributed by atoms with Crippen molar-refractivity contribution >= 4 is 16.9 Å². The molecule has 37 heavy (non-hydrogen) atoms. The van der Waals surface area contributed by atoms with Gasteiger partial charge in [0.25, 0.3) is 5.91 Å². The molecule has 0 aliphatic carbocycles. The van der Waals surface area contributed by atoms with Crippen LogP contribution in [0.5, 0.6) is 5.88 Å². The summed E-state index contributed by atoms with van der Waals surface area (Å²) < 4.78 is 7.65. The fourth-order valence-electron chi connectivity index (χ4n) is 6.11. The summed E-state index contributed by atoms with van der Waals surface area (Å²) in [5, 5.41) is 0. The van der Waals surface area contributed by atoms with Gasteiger partial charge in [-0.25, -0.2) is 9.97 Å². The number of carbonyl (C=O) groups excluding carboxylic acids is 1. The summed E-state index contributed by atoms with van der Waals surface area (Å²) in [6, 6.07) is 30.7. The molecule has 7 rings (SSSR count). The van der Waals surface area contributed by atoms with E-state index in [1.165, 1.54) is 5.56 Å². The highest BCUT2D eigenvalue weighted by Gasteiger charge is 2.49. The first-order chi connectivity index (χ1) is 18.2. The van der Waals surface area contributed by atoms with Crippen molar-refractivity contribution in [3.63, 3.8) is 0 Å². The number of pyridine rings is 1. The van der Waals surface area contributed by atoms with Crippen LogP contribution in [0, 0.1) is 5.92 Å². The number of hydrogen-bond acceptors (Lipinski definition) is 4. The lowest BCUT2D eigenvalue weighted by atomic mass is 9.88. The zero-order chi connectivity index (χ0) is 24.9. The number of aromatic nitrogens is 3. The lowest BCUT2D eigenvalue weighted by Gasteiger charge is -2.24. The van der Waals surface area contributed by atoms with E-state index in [4.69, 9.17) is 9.72 Å². The summed E-state index contributed by atoms with van der Waals surface area (Å²) in [6.07, 6.45) is 1.84. The molecule has 0 radical (unpaired) electrons. The summed E-state index contributed by atoms with van der Waals surface area (Å²) in [4.78, 5) is 24.9. The Kier molecular flexibility index (Phi) is 5.06. The van der Waals surface area contributed by atoms with Crippen molar-refractivity contribution in [2.75, 3.05) is 20.2 Å². The standard InChI is InChI=1S/C31H26N4O2/c1-37-28-15-13-23(17-32-28)22-12-14-26-27(16-22)35-29(20-8-4-2-5-9-20)24-18-34(19-25(24)30(35)33-26)31(36)21-10-6-3-7-11-21/h2-17,24-25,29H,18-19H2,1H3/t24-,25+,29-/m0/s1. The van der Waals surface area contributed by atoms with Gasteiger partial charge in [0.1, 0.15) is 5.82 Å². The molecule has 3 atom stereocenters. The maximum Gasteiger partial charge on any atom is 0.253 e. The molecule has 3 aromatic carbocycles. The minimum Gasteiger partial charge on any atom is -0.481 e. The van der Waals surface area contributed by atoms with Gasteiger partial charge in [0.05, 0.1) is 24.2 Å². The van der Waals surface area contributed by atoms with E-state index in [2.05, 4.69) is 58.1 Å². The Morgan fingerprint density at radius 3 is 2.38 bits per heavy atom. The molecule has 182 valence electrons. The summed E-state index contributed by atoms with van der Waals surface area (Å²) in [6.45, 7) is 1.39. The lowest BCUT2D eigenvalue weighted by Crippen LogP contribution is -2.31. The highest BCUT2D eigenvalue weighted by molar-refractivity contribution is 5.94. The average Bonchev–Trinajstić information content (AvgIpc) is 3.63. The third-order valence-electron chi connectivity index (χ3n) is 7.83. The van der Waals surface area contributed by atoms with Gasteiger partial charge in [0.15, 0.2) is 0 Å². The minimum atomic E-state index is 0.0961. The summed E-state index contributed by atoms with van der Waals surface area (Å²) in [5.41, 5.74) is 6.22. The first kappa shape index (κ1) is 21.8. The van der Waals surface area contributed by atoms with Gasteiger partial charge in [-0.2, -0.15) is 0 Å². The molecular formula is C31H26N4O2. The molecule has 2 aliphatic heterocycles. The number of carbonyl (C=O) groups is 1. The van der Waals surface area contributed by atoms with E-state index in [0.717, 1.165) is 33.5 Å². The fraction of sp³-hybridized carbons (Fsp3) is 0.194. The minimum absolute atomic E-state index is 0.0961. The molecule has 0 spiro atoms. The lowest BCUT2D eigenvalue weighted by molar-refractivity contribution is 0.0782. The monoisotopic (exact) mass is 486 g/mol. The zero-order valence-electron chi connectivity index (χ0n) is 20.5. The second kappa shape index (κ2) is 8.59. The molecule has 1 fully saturated rings. The molecule has 6 heteroatoms. The zero-order valence-corrected chi connectivity index (χ0v) is 20.5. The highest BCUT2D eigenvalue weighted by atomic mass is 16.5. The Bertz CT molecular complexity index is 1600. The van der Waals surface area contributed by atoms with E-state index in [-0.39, 0.29) is 23.8 Å². The third kappa shape index (κ3) is 3.51. The van der Waals surface area contributed by atoms with Crippen molar-refractivity contribution in [3.05, 3.63) is 114 Å². The smallest absolute Gasteiger partial charge is 0.253 e. The number of nitrogens with zero attached hydrogens (tertiary/aromatic N) is 4. The van der Waals surface area contributed by atoms with E-state index in [0.29, 0.717) is 19.0 Å². The van der Waals surface area contributed by atoms with Gasteiger partial charge >= 0.3 is 0 Å². The van der Waals surface area contributed by atoms with Crippen molar-refractivity contribution in [3.8, 4) is 17.0 Å².